The number of thiol groups is 1. The second kappa shape index (κ2) is 4.86. The van der Waals surface area contributed by atoms with E-state index in [4.69, 9.17) is 0 Å². The van der Waals surface area contributed by atoms with Crippen LogP contribution in [0, 0.1) is 5.92 Å². The number of amides is 1. The van der Waals surface area contributed by atoms with Crippen molar-refractivity contribution >= 4 is 18.5 Å². The van der Waals surface area contributed by atoms with Crippen LogP contribution < -0.4 is 0 Å². The van der Waals surface area contributed by atoms with Gasteiger partial charge in [0.25, 0.3) is 0 Å². The standard InChI is InChI=1S/C9H17NO2S/c1-7-4-8(11)6-10(5-7)9(12)2-3-13/h7-8,11,13H,2-6H2,1H3. The van der Waals surface area contributed by atoms with Crippen LogP contribution in [-0.2, 0) is 4.79 Å². The molecule has 0 aromatic carbocycles. The first kappa shape index (κ1) is 10.9. The minimum atomic E-state index is -0.340. The van der Waals surface area contributed by atoms with Gasteiger partial charge in [0.1, 0.15) is 0 Å². The van der Waals surface area contributed by atoms with E-state index in [-0.39, 0.29) is 12.0 Å². The molecule has 0 aromatic heterocycles. The zero-order valence-corrected chi connectivity index (χ0v) is 8.83. The molecule has 0 aromatic rings. The number of carbonyl (C=O) groups excluding carboxylic acids is 1. The summed E-state index contributed by atoms with van der Waals surface area (Å²) in [5.41, 5.74) is 0. The summed E-state index contributed by atoms with van der Waals surface area (Å²) in [6, 6.07) is 0. The maximum atomic E-state index is 11.5. The second-order valence-corrected chi connectivity index (χ2v) is 4.21. The monoisotopic (exact) mass is 203 g/mol. The van der Waals surface area contributed by atoms with E-state index in [0.717, 1.165) is 13.0 Å². The van der Waals surface area contributed by atoms with Crippen LogP contribution in [0.1, 0.15) is 19.8 Å². The third-order valence-electron chi connectivity index (χ3n) is 2.32. The number of hydrogen-bond acceptors (Lipinski definition) is 3. The van der Waals surface area contributed by atoms with Crippen LogP contribution >= 0.6 is 12.6 Å². The van der Waals surface area contributed by atoms with E-state index in [2.05, 4.69) is 19.6 Å². The molecule has 0 radical (unpaired) electrons. The van der Waals surface area contributed by atoms with Gasteiger partial charge in [0, 0.05) is 19.5 Å². The van der Waals surface area contributed by atoms with E-state index in [1.165, 1.54) is 0 Å². The average Bonchev–Trinajstić information content (AvgIpc) is 2.03. The zero-order valence-electron chi connectivity index (χ0n) is 7.94. The number of β-amino-alcohol motifs (C(OH)–C–C–N with tert-alkyl or cyclic N) is 1. The lowest BCUT2D eigenvalue weighted by Gasteiger charge is -2.34. The van der Waals surface area contributed by atoms with Crippen molar-refractivity contribution in [3.8, 4) is 0 Å². The minimum absolute atomic E-state index is 0.112. The highest BCUT2D eigenvalue weighted by atomic mass is 32.1. The van der Waals surface area contributed by atoms with Gasteiger partial charge in [-0.25, -0.2) is 0 Å². The van der Waals surface area contributed by atoms with Gasteiger partial charge in [0.05, 0.1) is 6.10 Å². The predicted octanol–water partition coefficient (Wildman–Crippen LogP) is 0.536. The Morgan fingerprint density at radius 3 is 2.85 bits per heavy atom. The Kier molecular flexibility index (Phi) is 4.06. The van der Waals surface area contributed by atoms with E-state index in [0.29, 0.717) is 24.6 Å². The Bertz CT molecular complexity index is 176. The molecule has 0 aliphatic carbocycles. The summed E-state index contributed by atoms with van der Waals surface area (Å²) < 4.78 is 0. The van der Waals surface area contributed by atoms with Crippen molar-refractivity contribution in [1.29, 1.82) is 0 Å². The molecule has 76 valence electrons. The van der Waals surface area contributed by atoms with Crippen molar-refractivity contribution in [2.75, 3.05) is 18.8 Å². The molecule has 3 nitrogen and oxygen atoms in total. The molecule has 1 N–H and O–H groups in total. The molecule has 0 bridgehead atoms. The third-order valence-corrected chi connectivity index (χ3v) is 2.54. The molecule has 2 atom stereocenters. The Morgan fingerprint density at radius 1 is 1.62 bits per heavy atom. The summed E-state index contributed by atoms with van der Waals surface area (Å²) in [7, 11) is 0. The maximum Gasteiger partial charge on any atom is 0.223 e. The van der Waals surface area contributed by atoms with E-state index < -0.39 is 0 Å². The van der Waals surface area contributed by atoms with Crippen LogP contribution in [0.4, 0.5) is 0 Å². The van der Waals surface area contributed by atoms with Gasteiger partial charge in [0.2, 0.25) is 5.91 Å². The number of likely N-dealkylation sites (tertiary alicyclic amines) is 1. The number of carbonyl (C=O) groups is 1. The fourth-order valence-electron chi connectivity index (χ4n) is 1.78. The van der Waals surface area contributed by atoms with Crippen molar-refractivity contribution in [2.45, 2.75) is 25.9 Å². The number of aliphatic hydroxyl groups excluding tert-OH is 1. The molecule has 0 spiro atoms. The zero-order chi connectivity index (χ0) is 9.84. The molecule has 1 aliphatic rings. The van der Waals surface area contributed by atoms with Crippen LogP contribution in [0.2, 0.25) is 0 Å². The molecular weight excluding hydrogens is 186 g/mol. The molecule has 4 heteroatoms. The molecule has 1 fully saturated rings. The highest BCUT2D eigenvalue weighted by Gasteiger charge is 2.25. The van der Waals surface area contributed by atoms with Crippen LogP contribution in [0.15, 0.2) is 0 Å². The first-order valence-electron chi connectivity index (χ1n) is 4.70. The number of nitrogens with zero attached hydrogens (tertiary/aromatic N) is 1. The predicted molar refractivity (Wildman–Crippen MR) is 54.8 cm³/mol. The average molecular weight is 203 g/mol. The molecule has 13 heavy (non-hydrogen) atoms. The normalized spacial score (nSPS) is 29.0. The van der Waals surface area contributed by atoms with Crippen molar-refractivity contribution in [3.05, 3.63) is 0 Å². The van der Waals surface area contributed by atoms with E-state index in [1.807, 2.05) is 0 Å². The molecule has 1 aliphatic heterocycles. The Hall–Kier alpha value is -0.220. The highest BCUT2D eigenvalue weighted by Crippen LogP contribution is 2.16. The number of hydrogen-bond donors (Lipinski definition) is 2. The van der Waals surface area contributed by atoms with Gasteiger partial charge < -0.3 is 10.0 Å². The van der Waals surface area contributed by atoms with Gasteiger partial charge in [-0.1, -0.05) is 6.92 Å². The molecular formula is C9H17NO2S. The first-order chi connectivity index (χ1) is 6.13. The molecule has 1 rings (SSSR count). The van der Waals surface area contributed by atoms with Gasteiger partial charge >= 0.3 is 0 Å². The Morgan fingerprint density at radius 2 is 2.31 bits per heavy atom. The lowest BCUT2D eigenvalue weighted by atomic mass is 9.98. The molecule has 1 saturated heterocycles. The second-order valence-electron chi connectivity index (χ2n) is 3.77. The summed E-state index contributed by atoms with van der Waals surface area (Å²) in [5, 5.41) is 9.45. The lowest BCUT2D eigenvalue weighted by Crippen LogP contribution is -2.45. The van der Waals surface area contributed by atoms with Crippen LogP contribution in [-0.4, -0.2) is 40.9 Å². The third kappa shape index (κ3) is 3.19. The summed E-state index contributed by atoms with van der Waals surface area (Å²) >= 11 is 4.01. The van der Waals surface area contributed by atoms with Crippen LogP contribution in [0.5, 0.6) is 0 Å². The summed E-state index contributed by atoms with van der Waals surface area (Å²) in [5.74, 6) is 1.10. The largest absolute Gasteiger partial charge is 0.391 e. The minimum Gasteiger partial charge on any atom is -0.391 e. The molecule has 0 saturated carbocycles. The first-order valence-corrected chi connectivity index (χ1v) is 5.33. The van der Waals surface area contributed by atoms with E-state index in [1.54, 1.807) is 4.90 Å². The number of piperidine rings is 1. The maximum absolute atomic E-state index is 11.5. The fraction of sp³-hybridized carbons (Fsp3) is 0.889. The van der Waals surface area contributed by atoms with Crippen molar-refractivity contribution in [3.63, 3.8) is 0 Å². The van der Waals surface area contributed by atoms with Crippen LogP contribution in [0.25, 0.3) is 0 Å². The summed E-state index contributed by atoms with van der Waals surface area (Å²) in [6.45, 7) is 3.34. The quantitative estimate of drug-likeness (QED) is 0.643. The molecule has 1 amide bonds. The molecule has 2 unspecified atom stereocenters. The van der Waals surface area contributed by atoms with Gasteiger partial charge in [-0.05, 0) is 18.1 Å². The van der Waals surface area contributed by atoms with E-state index >= 15 is 0 Å². The van der Waals surface area contributed by atoms with Gasteiger partial charge in [0.15, 0.2) is 0 Å². The number of rotatable bonds is 2. The van der Waals surface area contributed by atoms with Crippen molar-refractivity contribution in [1.82, 2.24) is 4.90 Å². The van der Waals surface area contributed by atoms with Crippen molar-refractivity contribution < 1.29 is 9.90 Å². The van der Waals surface area contributed by atoms with Crippen LogP contribution in [0.3, 0.4) is 0 Å². The van der Waals surface area contributed by atoms with Gasteiger partial charge in [-0.3, -0.25) is 4.79 Å². The summed E-state index contributed by atoms with van der Waals surface area (Å²) in [6.07, 6.45) is 0.945. The van der Waals surface area contributed by atoms with E-state index in [9.17, 15) is 9.90 Å². The topological polar surface area (TPSA) is 40.5 Å². The molecule has 1 heterocycles. The van der Waals surface area contributed by atoms with Gasteiger partial charge in [-0.2, -0.15) is 12.6 Å². The van der Waals surface area contributed by atoms with Gasteiger partial charge in [-0.15, -0.1) is 0 Å². The Labute approximate surface area is 84.5 Å². The number of aliphatic hydroxyl groups is 1. The SMILES string of the molecule is CC1CC(O)CN(C(=O)CCS)C1. The summed E-state index contributed by atoms with van der Waals surface area (Å²) in [4.78, 5) is 13.2. The smallest absolute Gasteiger partial charge is 0.223 e. The Balaban J connectivity index is 2.45. The lowest BCUT2D eigenvalue weighted by molar-refractivity contribution is -0.135. The van der Waals surface area contributed by atoms with Crippen molar-refractivity contribution in [2.24, 2.45) is 5.92 Å². The highest BCUT2D eigenvalue weighted by molar-refractivity contribution is 7.80. The fourth-order valence-corrected chi connectivity index (χ4v) is 1.97.